The number of nitrogens with one attached hydrogen (secondary N) is 1. The predicted octanol–water partition coefficient (Wildman–Crippen LogP) is 4.28. The molecule has 2 heterocycles. The SMILES string of the molecule is O=C(NCC1CC1)[C@@H]1CCCN(C(=O)c2cc(-c3ccccc3)nc3ccccc23)C1. The number of likely N-dealkylation sites (tertiary alicyclic amines) is 1. The molecule has 2 fully saturated rings. The van der Waals surface area contributed by atoms with Crippen LogP contribution in [0.5, 0.6) is 0 Å². The Morgan fingerprint density at radius 1 is 1.00 bits per heavy atom. The molecule has 0 bridgehead atoms. The summed E-state index contributed by atoms with van der Waals surface area (Å²) in [5, 5.41) is 3.94. The van der Waals surface area contributed by atoms with Crippen molar-refractivity contribution in [3.63, 3.8) is 0 Å². The highest BCUT2D eigenvalue weighted by molar-refractivity contribution is 6.07. The van der Waals surface area contributed by atoms with Crippen molar-refractivity contribution in [2.45, 2.75) is 25.7 Å². The Bertz CT molecular complexity index is 1110. The van der Waals surface area contributed by atoms with Crippen molar-refractivity contribution in [1.82, 2.24) is 15.2 Å². The second-order valence-corrected chi connectivity index (χ2v) is 8.72. The molecule has 1 aromatic heterocycles. The van der Waals surface area contributed by atoms with E-state index in [1.165, 1.54) is 12.8 Å². The zero-order valence-electron chi connectivity index (χ0n) is 17.6. The van der Waals surface area contributed by atoms with Crippen molar-refractivity contribution in [3.05, 3.63) is 66.2 Å². The van der Waals surface area contributed by atoms with Gasteiger partial charge in [-0.2, -0.15) is 0 Å². The number of para-hydroxylation sites is 1. The Morgan fingerprint density at radius 2 is 1.77 bits per heavy atom. The predicted molar refractivity (Wildman–Crippen MR) is 122 cm³/mol. The second-order valence-electron chi connectivity index (χ2n) is 8.72. The van der Waals surface area contributed by atoms with Gasteiger partial charge in [-0.1, -0.05) is 48.5 Å². The number of piperidine rings is 1. The lowest BCUT2D eigenvalue weighted by Gasteiger charge is -2.32. The normalized spacial score (nSPS) is 18.7. The topological polar surface area (TPSA) is 62.3 Å². The third-order valence-electron chi connectivity index (χ3n) is 6.36. The molecule has 0 unspecified atom stereocenters. The summed E-state index contributed by atoms with van der Waals surface area (Å²) in [7, 11) is 0. The highest BCUT2D eigenvalue weighted by Gasteiger charge is 2.31. The molecule has 2 aromatic carbocycles. The molecule has 5 heteroatoms. The van der Waals surface area contributed by atoms with Crippen LogP contribution in [0.1, 0.15) is 36.0 Å². The summed E-state index contributed by atoms with van der Waals surface area (Å²) in [5.74, 6) is 0.604. The van der Waals surface area contributed by atoms with Crippen LogP contribution in [0.4, 0.5) is 0 Å². The molecule has 5 rings (SSSR count). The standard InChI is InChI=1S/C26H27N3O2/c30-25(27-16-18-12-13-18)20-9-6-14-29(17-20)26(31)22-15-24(19-7-2-1-3-8-19)28-23-11-5-4-10-21(22)23/h1-5,7-8,10-11,15,18,20H,6,9,12-14,16-17H2,(H,27,30)/t20-/m1/s1. The summed E-state index contributed by atoms with van der Waals surface area (Å²) in [5.41, 5.74) is 3.24. The van der Waals surface area contributed by atoms with Crippen LogP contribution in [0.2, 0.25) is 0 Å². The Kier molecular flexibility index (Phi) is 5.41. The molecule has 2 aliphatic rings. The second kappa shape index (κ2) is 8.50. The minimum atomic E-state index is -0.127. The van der Waals surface area contributed by atoms with E-state index in [9.17, 15) is 9.59 Å². The minimum absolute atomic E-state index is 0.0181. The van der Waals surface area contributed by atoms with E-state index >= 15 is 0 Å². The van der Waals surface area contributed by atoms with Crippen LogP contribution in [0.3, 0.4) is 0 Å². The number of amides is 2. The van der Waals surface area contributed by atoms with E-state index in [-0.39, 0.29) is 17.7 Å². The molecular formula is C26H27N3O2. The van der Waals surface area contributed by atoms with Gasteiger partial charge in [-0.3, -0.25) is 9.59 Å². The molecule has 1 aliphatic heterocycles. The first-order valence-electron chi connectivity index (χ1n) is 11.2. The van der Waals surface area contributed by atoms with E-state index in [0.717, 1.165) is 41.5 Å². The molecule has 1 aliphatic carbocycles. The van der Waals surface area contributed by atoms with Gasteiger partial charge in [-0.15, -0.1) is 0 Å². The first-order valence-corrected chi connectivity index (χ1v) is 11.2. The number of benzene rings is 2. The number of fused-ring (bicyclic) bond motifs is 1. The smallest absolute Gasteiger partial charge is 0.254 e. The molecule has 1 atom stereocenters. The highest BCUT2D eigenvalue weighted by atomic mass is 16.2. The summed E-state index contributed by atoms with van der Waals surface area (Å²) in [6.07, 6.45) is 4.12. The van der Waals surface area contributed by atoms with E-state index in [4.69, 9.17) is 4.98 Å². The fourth-order valence-corrected chi connectivity index (χ4v) is 4.37. The molecule has 1 N–H and O–H groups in total. The third-order valence-corrected chi connectivity index (χ3v) is 6.36. The lowest BCUT2D eigenvalue weighted by atomic mass is 9.95. The molecule has 0 spiro atoms. The number of hydrogen-bond acceptors (Lipinski definition) is 3. The average Bonchev–Trinajstić information content (AvgIpc) is 3.66. The Labute approximate surface area is 182 Å². The van der Waals surface area contributed by atoms with Gasteiger partial charge < -0.3 is 10.2 Å². The fourth-order valence-electron chi connectivity index (χ4n) is 4.37. The molecule has 31 heavy (non-hydrogen) atoms. The van der Waals surface area contributed by atoms with Gasteiger partial charge in [0.15, 0.2) is 0 Å². The molecule has 3 aromatic rings. The number of aromatic nitrogens is 1. The van der Waals surface area contributed by atoms with E-state index in [1.54, 1.807) is 0 Å². The zero-order chi connectivity index (χ0) is 21.2. The van der Waals surface area contributed by atoms with Gasteiger partial charge in [0.1, 0.15) is 0 Å². The molecule has 1 saturated heterocycles. The Hall–Kier alpha value is -3.21. The van der Waals surface area contributed by atoms with Crippen molar-refractivity contribution < 1.29 is 9.59 Å². The van der Waals surface area contributed by atoms with E-state index in [1.807, 2.05) is 65.6 Å². The molecule has 1 saturated carbocycles. The van der Waals surface area contributed by atoms with Gasteiger partial charge in [0.25, 0.3) is 5.91 Å². The van der Waals surface area contributed by atoms with E-state index < -0.39 is 0 Å². The number of rotatable bonds is 5. The number of carbonyl (C=O) groups is 2. The zero-order valence-corrected chi connectivity index (χ0v) is 17.6. The first kappa shape index (κ1) is 19.7. The summed E-state index contributed by atoms with van der Waals surface area (Å²) in [6, 6.07) is 19.6. The van der Waals surface area contributed by atoms with Gasteiger partial charge in [-0.05, 0) is 43.7 Å². The van der Waals surface area contributed by atoms with E-state index in [2.05, 4.69) is 5.32 Å². The fraction of sp³-hybridized carbons (Fsp3) is 0.346. The number of pyridine rings is 1. The molecule has 2 amide bonds. The third kappa shape index (κ3) is 4.31. The maximum absolute atomic E-state index is 13.6. The molecular weight excluding hydrogens is 386 g/mol. The lowest BCUT2D eigenvalue weighted by molar-refractivity contribution is -0.126. The average molecular weight is 414 g/mol. The monoisotopic (exact) mass is 413 g/mol. The molecule has 5 nitrogen and oxygen atoms in total. The van der Waals surface area contributed by atoms with Crippen LogP contribution < -0.4 is 5.32 Å². The first-order chi connectivity index (χ1) is 15.2. The summed E-state index contributed by atoms with van der Waals surface area (Å²) < 4.78 is 0. The largest absolute Gasteiger partial charge is 0.356 e. The maximum Gasteiger partial charge on any atom is 0.254 e. The maximum atomic E-state index is 13.6. The van der Waals surface area contributed by atoms with Gasteiger partial charge in [0.2, 0.25) is 5.91 Å². The van der Waals surface area contributed by atoms with Crippen LogP contribution in [-0.4, -0.2) is 41.3 Å². The van der Waals surface area contributed by atoms with Gasteiger partial charge in [0.05, 0.1) is 22.7 Å². The van der Waals surface area contributed by atoms with Crippen LogP contribution in [0, 0.1) is 11.8 Å². The van der Waals surface area contributed by atoms with Crippen molar-refractivity contribution in [1.29, 1.82) is 0 Å². The van der Waals surface area contributed by atoms with Gasteiger partial charge >= 0.3 is 0 Å². The van der Waals surface area contributed by atoms with Crippen LogP contribution >= 0.6 is 0 Å². The Balaban J connectivity index is 1.42. The summed E-state index contributed by atoms with van der Waals surface area (Å²) in [4.78, 5) is 32.9. The molecule has 158 valence electrons. The quantitative estimate of drug-likeness (QED) is 0.679. The lowest BCUT2D eigenvalue weighted by Crippen LogP contribution is -2.45. The summed E-state index contributed by atoms with van der Waals surface area (Å²) >= 11 is 0. The minimum Gasteiger partial charge on any atom is -0.356 e. The van der Waals surface area contributed by atoms with Crippen molar-refractivity contribution in [2.24, 2.45) is 11.8 Å². The van der Waals surface area contributed by atoms with Gasteiger partial charge in [-0.25, -0.2) is 4.98 Å². The number of carbonyl (C=O) groups excluding carboxylic acids is 2. The van der Waals surface area contributed by atoms with E-state index in [0.29, 0.717) is 24.6 Å². The van der Waals surface area contributed by atoms with Gasteiger partial charge in [0, 0.05) is 30.6 Å². The van der Waals surface area contributed by atoms with Crippen molar-refractivity contribution >= 4 is 22.7 Å². The van der Waals surface area contributed by atoms with Crippen molar-refractivity contribution in [3.8, 4) is 11.3 Å². The van der Waals surface area contributed by atoms with Crippen LogP contribution in [0.15, 0.2) is 60.7 Å². The van der Waals surface area contributed by atoms with Crippen LogP contribution in [0.25, 0.3) is 22.2 Å². The number of nitrogens with zero attached hydrogens (tertiary/aromatic N) is 2. The molecule has 0 radical (unpaired) electrons. The van der Waals surface area contributed by atoms with Crippen LogP contribution in [-0.2, 0) is 4.79 Å². The summed E-state index contributed by atoms with van der Waals surface area (Å²) in [6.45, 7) is 1.94. The van der Waals surface area contributed by atoms with Crippen molar-refractivity contribution in [2.75, 3.05) is 19.6 Å². The number of hydrogen-bond donors (Lipinski definition) is 1. The Morgan fingerprint density at radius 3 is 2.58 bits per heavy atom. The highest BCUT2D eigenvalue weighted by Crippen LogP contribution is 2.29.